The topological polar surface area (TPSA) is 72.9 Å². The molecule has 0 bridgehead atoms. The third kappa shape index (κ3) is 4.61. The second-order valence-electron chi connectivity index (χ2n) is 12.2. The molecule has 0 radical (unpaired) electrons. The minimum atomic E-state index is -2.59. The number of nitrogens with one attached hydrogen (secondary N) is 1. The van der Waals surface area contributed by atoms with Gasteiger partial charge in [0.15, 0.2) is 0 Å². The third-order valence-corrected chi connectivity index (χ3v) is 8.69. The predicted molar refractivity (Wildman–Crippen MR) is 142 cm³/mol. The van der Waals surface area contributed by atoms with Crippen molar-refractivity contribution in [1.29, 1.82) is 0 Å². The van der Waals surface area contributed by atoms with E-state index in [1.807, 2.05) is 26.0 Å². The van der Waals surface area contributed by atoms with Crippen LogP contribution >= 0.6 is 12.4 Å². The maximum absolute atomic E-state index is 13.4. The smallest absolute Gasteiger partial charge is 0.254 e. The molecular weight excluding hydrogens is 512 g/mol. The summed E-state index contributed by atoms with van der Waals surface area (Å²) in [4.78, 5) is 29.8. The Hall–Kier alpha value is -2.55. The maximum atomic E-state index is 13.4. The lowest BCUT2D eigenvalue weighted by Crippen LogP contribution is -2.66. The number of likely N-dealkylation sites (tertiary alicyclic amines) is 1. The molecule has 9 heteroatoms. The highest BCUT2D eigenvalue weighted by atomic mass is 35.5. The highest BCUT2D eigenvalue weighted by Crippen LogP contribution is 2.56. The molecule has 6 rings (SSSR count). The molecule has 2 aromatic carbocycles. The van der Waals surface area contributed by atoms with E-state index in [1.165, 1.54) is 11.1 Å². The van der Waals surface area contributed by atoms with Gasteiger partial charge in [0, 0.05) is 73.6 Å². The van der Waals surface area contributed by atoms with Crippen molar-refractivity contribution in [3.05, 3.63) is 70.3 Å². The van der Waals surface area contributed by atoms with Crippen LogP contribution in [-0.2, 0) is 18.4 Å². The zero-order valence-corrected chi connectivity index (χ0v) is 22.5. The van der Waals surface area contributed by atoms with Crippen LogP contribution in [-0.4, -0.2) is 71.0 Å². The SMILES string of the molecule is CC1(C)CN(C[C@@H](O)[C@@H]2Cc3ccccc3CN2)C(=O)c2ccc(C(=O)N3CC4(C3)CC(F)(F)C4)cc21.Cl. The van der Waals surface area contributed by atoms with E-state index in [2.05, 4.69) is 17.4 Å². The standard InChI is InChI=1S/C29H33F2N3O3.ClH/c1-27(2)15-33(12-24(35)23-10-18-5-3-4-6-20(18)11-32-23)26(37)21-8-7-19(9-22(21)27)25(36)34-16-28(17-34)13-29(30,31)14-28;/h3-9,23-24,32,35H,10-17H2,1-2H3;1H/t23-,24+;/m0./s1. The molecule has 6 nitrogen and oxygen atoms in total. The van der Waals surface area contributed by atoms with Gasteiger partial charge in [-0.15, -0.1) is 12.4 Å². The van der Waals surface area contributed by atoms with E-state index in [1.54, 1.807) is 28.0 Å². The molecule has 2 amide bonds. The summed E-state index contributed by atoms with van der Waals surface area (Å²) in [6, 6.07) is 13.2. The van der Waals surface area contributed by atoms with Gasteiger partial charge >= 0.3 is 0 Å². The Morgan fingerprint density at radius 1 is 1.11 bits per heavy atom. The van der Waals surface area contributed by atoms with E-state index in [9.17, 15) is 23.5 Å². The van der Waals surface area contributed by atoms with Crippen molar-refractivity contribution in [3.63, 3.8) is 0 Å². The number of alkyl halides is 2. The summed E-state index contributed by atoms with van der Waals surface area (Å²) in [5.74, 6) is -2.92. The number of aliphatic hydroxyl groups excluding tert-OH is 1. The molecule has 1 saturated heterocycles. The van der Waals surface area contributed by atoms with Crippen LogP contribution in [0, 0.1) is 5.41 Å². The fraction of sp³-hybridized carbons (Fsp3) is 0.517. The normalized spacial score (nSPS) is 24.9. The first-order valence-corrected chi connectivity index (χ1v) is 13.0. The van der Waals surface area contributed by atoms with Gasteiger partial charge in [0.2, 0.25) is 5.92 Å². The Kier molecular flexibility index (Phi) is 6.60. The number of hydrogen-bond donors (Lipinski definition) is 2. The van der Waals surface area contributed by atoms with E-state index >= 15 is 0 Å². The predicted octanol–water partition coefficient (Wildman–Crippen LogP) is 3.79. The quantitative estimate of drug-likeness (QED) is 0.613. The van der Waals surface area contributed by atoms with Gasteiger partial charge in [-0.25, -0.2) is 8.78 Å². The third-order valence-electron chi connectivity index (χ3n) is 8.69. The van der Waals surface area contributed by atoms with E-state index in [0.29, 0.717) is 43.7 Å². The molecule has 2 fully saturated rings. The van der Waals surface area contributed by atoms with Crippen molar-refractivity contribution in [2.24, 2.45) is 5.41 Å². The Balaban J connectivity index is 0.00000294. The van der Waals surface area contributed by atoms with Crippen LogP contribution < -0.4 is 5.32 Å². The lowest BCUT2D eigenvalue weighted by atomic mass is 9.61. The number of amides is 2. The van der Waals surface area contributed by atoms with Crippen LogP contribution in [0.2, 0.25) is 0 Å². The van der Waals surface area contributed by atoms with Gasteiger partial charge in [-0.3, -0.25) is 9.59 Å². The van der Waals surface area contributed by atoms with Crippen LogP contribution in [0.15, 0.2) is 42.5 Å². The molecule has 3 aliphatic heterocycles. The Morgan fingerprint density at radius 3 is 2.47 bits per heavy atom. The van der Waals surface area contributed by atoms with Gasteiger partial charge in [-0.05, 0) is 41.3 Å². The van der Waals surface area contributed by atoms with Gasteiger partial charge in [0.05, 0.1) is 6.10 Å². The van der Waals surface area contributed by atoms with Crippen molar-refractivity contribution in [2.45, 2.75) is 63.1 Å². The summed E-state index contributed by atoms with van der Waals surface area (Å²) in [6.45, 7) is 6.16. The molecule has 0 unspecified atom stereocenters. The van der Waals surface area contributed by atoms with Crippen LogP contribution in [0.1, 0.15) is 64.1 Å². The second-order valence-corrected chi connectivity index (χ2v) is 12.2. The number of carbonyl (C=O) groups is 2. The molecule has 3 heterocycles. The van der Waals surface area contributed by atoms with E-state index in [0.717, 1.165) is 5.56 Å². The van der Waals surface area contributed by atoms with Gasteiger partial charge in [0.25, 0.3) is 11.8 Å². The molecule has 2 N–H and O–H groups in total. The fourth-order valence-electron chi connectivity index (χ4n) is 6.84. The number of β-amino-alcohol motifs (C(OH)–C–C–N with tert-alkyl or cyclic N) is 1. The highest BCUT2D eigenvalue weighted by Gasteiger charge is 2.62. The minimum absolute atomic E-state index is 0. The largest absolute Gasteiger partial charge is 0.390 e. The molecule has 38 heavy (non-hydrogen) atoms. The van der Waals surface area contributed by atoms with Crippen LogP contribution in [0.5, 0.6) is 0 Å². The zero-order valence-electron chi connectivity index (χ0n) is 21.7. The average molecular weight is 546 g/mol. The van der Waals surface area contributed by atoms with Gasteiger partial charge in [-0.1, -0.05) is 38.1 Å². The summed E-state index contributed by atoms with van der Waals surface area (Å²) >= 11 is 0. The number of aliphatic hydroxyl groups is 1. The number of carbonyl (C=O) groups excluding carboxylic acids is 2. The molecular formula is C29H34ClF2N3O3. The Bertz CT molecular complexity index is 1270. The van der Waals surface area contributed by atoms with Crippen molar-refractivity contribution >= 4 is 24.2 Å². The van der Waals surface area contributed by atoms with E-state index < -0.39 is 22.9 Å². The monoisotopic (exact) mass is 545 g/mol. The number of rotatable bonds is 4. The van der Waals surface area contributed by atoms with Crippen molar-refractivity contribution in [3.8, 4) is 0 Å². The van der Waals surface area contributed by atoms with Gasteiger partial charge < -0.3 is 20.2 Å². The van der Waals surface area contributed by atoms with Crippen LogP contribution in [0.4, 0.5) is 8.78 Å². The molecule has 204 valence electrons. The summed E-state index contributed by atoms with van der Waals surface area (Å²) in [7, 11) is 0. The molecule has 2 atom stereocenters. The minimum Gasteiger partial charge on any atom is -0.390 e. The first-order chi connectivity index (χ1) is 17.5. The van der Waals surface area contributed by atoms with E-state index in [-0.39, 0.29) is 49.6 Å². The van der Waals surface area contributed by atoms with Gasteiger partial charge in [-0.2, -0.15) is 0 Å². The van der Waals surface area contributed by atoms with E-state index in [4.69, 9.17) is 0 Å². The second kappa shape index (κ2) is 9.28. The first kappa shape index (κ1) is 27.0. The van der Waals surface area contributed by atoms with Crippen LogP contribution in [0.25, 0.3) is 0 Å². The summed E-state index contributed by atoms with van der Waals surface area (Å²) in [5, 5.41) is 14.5. The van der Waals surface area contributed by atoms with Crippen molar-refractivity contribution < 1.29 is 23.5 Å². The van der Waals surface area contributed by atoms with Crippen LogP contribution in [0.3, 0.4) is 0 Å². The molecule has 4 aliphatic rings. The summed E-state index contributed by atoms with van der Waals surface area (Å²) < 4.78 is 26.7. The first-order valence-electron chi connectivity index (χ1n) is 13.0. The zero-order chi connectivity index (χ0) is 26.2. The fourth-order valence-corrected chi connectivity index (χ4v) is 6.84. The lowest BCUT2D eigenvalue weighted by Gasteiger charge is -2.58. The maximum Gasteiger partial charge on any atom is 0.254 e. The molecule has 2 aromatic rings. The van der Waals surface area contributed by atoms with Crippen molar-refractivity contribution in [1.82, 2.24) is 15.1 Å². The Morgan fingerprint density at radius 2 is 1.79 bits per heavy atom. The molecule has 0 aromatic heterocycles. The Labute approximate surface area is 227 Å². The molecule has 1 spiro atoms. The number of fused-ring (bicyclic) bond motifs is 2. The molecule has 1 aliphatic carbocycles. The van der Waals surface area contributed by atoms with Crippen molar-refractivity contribution in [2.75, 3.05) is 26.2 Å². The average Bonchev–Trinajstić information content (AvgIpc) is 2.82. The van der Waals surface area contributed by atoms with Gasteiger partial charge in [0.1, 0.15) is 0 Å². The number of nitrogens with zero attached hydrogens (tertiary/aromatic N) is 2. The highest BCUT2D eigenvalue weighted by molar-refractivity contribution is 6.00. The molecule has 1 saturated carbocycles. The number of halogens is 3. The summed E-state index contributed by atoms with van der Waals surface area (Å²) in [5.41, 5.74) is 3.46. The summed E-state index contributed by atoms with van der Waals surface area (Å²) in [6.07, 6.45) is -0.284. The number of benzene rings is 2. The number of hydrogen-bond acceptors (Lipinski definition) is 4. The lowest BCUT2D eigenvalue weighted by molar-refractivity contribution is -0.203.